The summed E-state index contributed by atoms with van der Waals surface area (Å²) in [6.45, 7) is 4.13. The second kappa shape index (κ2) is 2.64. The number of nitrogens with two attached hydrogens (primary N) is 1. The standard InChI is InChI=1S/C4H10N4S/c1-3(2)4-6-7-9-8(4)5/h3-4H,5H2,1-2H3. The van der Waals surface area contributed by atoms with Crippen LogP contribution in [0.25, 0.3) is 0 Å². The maximum absolute atomic E-state index is 5.49. The molecule has 0 aromatic rings. The van der Waals surface area contributed by atoms with E-state index in [9.17, 15) is 0 Å². The van der Waals surface area contributed by atoms with Gasteiger partial charge in [0.1, 0.15) is 12.1 Å². The average molecular weight is 146 g/mol. The summed E-state index contributed by atoms with van der Waals surface area (Å²) < 4.78 is 5.27. The number of rotatable bonds is 1. The molecule has 0 radical (unpaired) electrons. The van der Waals surface area contributed by atoms with Crippen molar-refractivity contribution in [1.82, 2.24) is 4.41 Å². The molecule has 4 nitrogen and oxygen atoms in total. The SMILES string of the molecule is CC(C)C1N=NSN1N. The number of hydrogen-bond acceptors (Lipinski definition) is 5. The molecule has 0 aromatic carbocycles. The predicted octanol–water partition coefficient (Wildman–Crippen LogP) is 1.17. The van der Waals surface area contributed by atoms with Gasteiger partial charge >= 0.3 is 0 Å². The maximum atomic E-state index is 5.49. The van der Waals surface area contributed by atoms with E-state index >= 15 is 0 Å². The van der Waals surface area contributed by atoms with E-state index in [-0.39, 0.29) is 6.17 Å². The molecule has 1 heterocycles. The molecule has 0 amide bonds. The normalized spacial score (nSPS) is 28.2. The Morgan fingerprint density at radius 1 is 1.67 bits per heavy atom. The van der Waals surface area contributed by atoms with Crippen molar-refractivity contribution in [3.63, 3.8) is 0 Å². The fourth-order valence-corrected chi connectivity index (χ4v) is 1.24. The summed E-state index contributed by atoms with van der Waals surface area (Å²) >= 11 is 1.20. The lowest BCUT2D eigenvalue weighted by molar-refractivity contribution is 0.303. The van der Waals surface area contributed by atoms with Crippen LogP contribution >= 0.6 is 12.1 Å². The van der Waals surface area contributed by atoms with Gasteiger partial charge in [-0.2, -0.15) is 5.11 Å². The fraction of sp³-hybridized carbons (Fsp3) is 1.00. The lowest BCUT2D eigenvalue weighted by Crippen LogP contribution is -2.34. The molecule has 1 atom stereocenters. The molecular formula is C4H10N4S. The molecule has 0 bridgehead atoms. The van der Waals surface area contributed by atoms with Crippen molar-refractivity contribution in [3.8, 4) is 0 Å². The van der Waals surface area contributed by atoms with Crippen LogP contribution in [0.1, 0.15) is 13.8 Å². The zero-order chi connectivity index (χ0) is 6.85. The minimum absolute atomic E-state index is 0.0648. The molecule has 52 valence electrons. The van der Waals surface area contributed by atoms with Gasteiger partial charge in [-0.25, -0.2) is 0 Å². The Morgan fingerprint density at radius 3 is 2.56 bits per heavy atom. The van der Waals surface area contributed by atoms with Crippen molar-refractivity contribution in [1.29, 1.82) is 0 Å². The second-order valence-electron chi connectivity index (χ2n) is 2.30. The minimum atomic E-state index is 0.0648. The van der Waals surface area contributed by atoms with Crippen molar-refractivity contribution in [2.24, 2.45) is 21.4 Å². The molecule has 1 unspecified atom stereocenters. The lowest BCUT2D eigenvalue weighted by atomic mass is 10.2. The molecule has 0 fully saturated rings. The van der Waals surface area contributed by atoms with Crippen LogP contribution in [0, 0.1) is 5.92 Å². The van der Waals surface area contributed by atoms with E-state index in [0.29, 0.717) is 5.92 Å². The van der Waals surface area contributed by atoms with Gasteiger partial charge in [-0.05, 0) is 5.92 Å². The van der Waals surface area contributed by atoms with E-state index in [0.717, 1.165) is 0 Å². The van der Waals surface area contributed by atoms with Crippen LogP contribution < -0.4 is 5.84 Å². The van der Waals surface area contributed by atoms with Crippen molar-refractivity contribution in [2.45, 2.75) is 20.0 Å². The highest BCUT2D eigenvalue weighted by Gasteiger charge is 2.23. The van der Waals surface area contributed by atoms with Gasteiger partial charge in [0, 0.05) is 0 Å². The van der Waals surface area contributed by atoms with Crippen LogP contribution in [0.4, 0.5) is 0 Å². The van der Waals surface area contributed by atoms with E-state index in [4.69, 9.17) is 5.84 Å². The van der Waals surface area contributed by atoms with Crippen molar-refractivity contribution >= 4 is 12.1 Å². The lowest BCUT2D eigenvalue weighted by Gasteiger charge is -2.15. The van der Waals surface area contributed by atoms with Gasteiger partial charge in [0.05, 0.1) is 0 Å². The van der Waals surface area contributed by atoms with Crippen molar-refractivity contribution in [2.75, 3.05) is 0 Å². The second-order valence-corrected chi connectivity index (χ2v) is 3.04. The zero-order valence-corrected chi connectivity index (χ0v) is 6.30. The van der Waals surface area contributed by atoms with Crippen LogP contribution in [0.2, 0.25) is 0 Å². The molecule has 5 heteroatoms. The molecule has 2 N–H and O–H groups in total. The van der Waals surface area contributed by atoms with Crippen molar-refractivity contribution in [3.05, 3.63) is 0 Å². The van der Waals surface area contributed by atoms with E-state index in [1.54, 1.807) is 4.41 Å². The van der Waals surface area contributed by atoms with E-state index < -0.39 is 0 Å². The Bertz CT molecular complexity index is 124. The summed E-state index contributed by atoms with van der Waals surface area (Å²) in [6, 6.07) is 0. The highest BCUT2D eigenvalue weighted by atomic mass is 32.2. The first kappa shape index (κ1) is 6.98. The van der Waals surface area contributed by atoms with Crippen LogP contribution in [0.5, 0.6) is 0 Å². The zero-order valence-electron chi connectivity index (χ0n) is 5.48. The Labute approximate surface area is 58.7 Å². The Morgan fingerprint density at radius 2 is 2.33 bits per heavy atom. The minimum Gasteiger partial charge on any atom is -0.255 e. The largest absolute Gasteiger partial charge is 0.255 e. The van der Waals surface area contributed by atoms with Gasteiger partial charge in [0.2, 0.25) is 0 Å². The molecular weight excluding hydrogens is 136 g/mol. The van der Waals surface area contributed by atoms with Crippen LogP contribution in [-0.4, -0.2) is 10.6 Å². The molecule has 1 aliphatic heterocycles. The quantitative estimate of drug-likeness (QED) is 0.446. The fourth-order valence-electron chi connectivity index (χ4n) is 0.638. The topological polar surface area (TPSA) is 54.0 Å². The molecule has 0 spiro atoms. The van der Waals surface area contributed by atoms with Crippen LogP contribution in [-0.2, 0) is 0 Å². The summed E-state index contributed by atoms with van der Waals surface area (Å²) in [6.07, 6.45) is 0.0648. The Hall–Kier alpha value is -0.130. The van der Waals surface area contributed by atoms with Crippen molar-refractivity contribution < 1.29 is 0 Å². The first-order valence-electron chi connectivity index (χ1n) is 2.83. The Balaban J connectivity index is 2.49. The van der Waals surface area contributed by atoms with Gasteiger partial charge in [-0.15, -0.1) is 8.93 Å². The van der Waals surface area contributed by atoms with E-state index in [2.05, 4.69) is 23.5 Å². The summed E-state index contributed by atoms with van der Waals surface area (Å²) in [5.74, 6) is 5.93. The first-order chi connectivity index (χ1) is 4.22. The number of hydrazine groups is 1. The number of nitrogens with zero attached hydrogens (tertiary/aromatic N) is 3. The maximum Gasteiger partial charge on any atom is 0.151 e. The Kier molecular flexibility index (Phi) is 2.05. The summed E-state index contributed by atoms with van der Waals surface area (Å²) in [5.41, 5.74) is 0. The van der Waals surface area contributed by atoms with Crippen LogP contribution in [0.15, 0.2) is 9.63 Å². The van der Waals surface area contributed by atoms with E-state index in [1.165, 1.54) is 12.1 Å². The molecule has 0 aliphatic carbocycles. The number of hydrogen-bond donors (Lipinski definition) is 1. The van der Waals surface area contributed by atoms with Gasteiger partial charge in [0.25, 0.3) is 0 Å². The molecule has 0 aromatic heterocycles. The third kappa shape index (κ3) is 1.41. The first-order valence-corrected chi connectivity index (χ1v) is 3.56. The molecule has 1 aliphatic rings. The summed E-state index contributed by atoms with van der Waals surface area (Å²) in [4.78, 5) is 0. The predicted molar refractivity (Wildman–Crippen MR) is 37.1 cm³/mol. The smallest absolute Gasteiger partial charge is 0.151 e. The van der Waals surface area contributed by atoms with Gasteiger partial charge < -0.3 is 0 Å². The molecule has 0 saturated carbocycles. The monoisotopic (exact) mass is 146 g/mol. The van der Waals surface area contributed by atoms with Gasteiger partial charge in [0.15, 0.2) is 6.17 Å². The summed E-state index contributed by atoms with van der Waals surface area (Å²) in [5, 5.41) is 3.91. The average Bonchev–Trinajstić information content (AvgIpc) is 2.13. The molecule has 0 saturated heterocycles. The third-order valence-corrected chi connectivity index (χ3v) is 1.73. The third-order valence-electron chi connectivity index (χ3n) is 1.15. The highest BCUT2D eigenvalue weighted by molar-refractivity contribution is 7.95. The highest BCUT2D eigenvalue weighted by Crippen LogP contribution is 2.24. The van der Waals surface area contributed by atoms with E-state index in [1.807, 2.05) is 0 Å². The van der Waals surface area contributed by atoms with Gasteiger partial charge in [-0.3, -0.25) is 5.84 Å². The molecule has 9 heavy (non-hydrogen) atoms. The molecule has 1 rings (SSSR count). The van der Waals surface area contributed by atoms with Gasteiger partial charge in [-0.1, -0.05) is 13.8 Å². The van der Waals surface area contributed by atoms with Crippen LogP contribution in [0.3, 0.4) is 0 Å². The summed E-state index contributed by atoms with van der Waals surface area (Å²) in [7, 11) is 0.